The van der Waals surface area contributed by atoms with Crippen LogP contribution in [0.3, 0.4) is 0 Å². The van der Waals surface area contributed by atoms with Gasteiger partial charge in [-0.2, -0.15) is 4.31 Å². The van der Waals surface area contributed by atoms with E-state index >= 15 is 0 Å². The maximum absolute atomic E-state index is 13.2. The second-order valence-electron chi connectivity index (χ2n) is 7.03. The molecule has 166 valence electrons. The van der Waals surface area contributed by atoms with Crippen LogP contribution in [0, 0.1) is 0 Å². The Labute approximate surface area is 186 Å². The van der Waals surface area contributed by atoms with E-state index in [1.54, 1.807) is 30.3 Å². The summed E-state index contributed by atoms with van der Waals surface area (Å²) in [6.07, 6.45) is 0.371. The Kier molecular flexibility index (Phi) is 7.60. The first-order valence-corrected chi connectivity index (χ1v) is 11.8. The first kappa shape index (κ1) is 23.1. The molecule has 1 aromatic heterocycles. The molecule has 0 saturated carbocycles. The highest BCUT2D eigenvalue weighted by atomic mass is 35.5. The van der Waals surface area contributed by atoms with E-state index in [4.69, 9.17) is 17.3 Å². The lowest BCUT2D eigenvalue weighted by atomic mass is 10.2. The van der Waals surface area contributed by atoms with Crippen LogP contribution in [0.5, 0.6) is 0 Å². The highest BCUT2D eigenvalue weighted by molar-refractivity contribution is 7.88. The number of carbonyl (C=O) groups excluding carboxylic acids is 2. The van der Waals surface area contributed by atoms with Crippen LogP contribution in [0.1, 0.15) is 22.3 Å². The van der Waals surface area contributed by atoms with Crippen LogP contribution >= 0.6 is 11.6 Å². The van der Waals surface area contributed by atoms with Gasteiger partial charge in [-0.25, -0.2) is 13.4 Å². The molecular weight excluding hydrogens is 442 g/mol. The number of rotatable bonds is 7. The number of nitrogens with one attached hydrogen (secondary N) is 1. The van der Waals surface area contributed by atoms with Crippen molar-refractivity contribution in [1.29, 1.82) is 0 Å². The predicted molar refractivity (Wildman–Crippen MR) is 117 cm³/mol. The molecule has 1 atom stereocenters. The summed E-state index contributed by atoms with van der Waals surface area (Å²) in [5.74, 6) is -1.38. The lowest BCUT2D eigenvalue weighted by molar-refractivity contribution is -0.130. The SMILES string of the molecule is NCCNC(=O)C1N(C(=O)c2ccc(Cl)nc2)CCCN1S(=O)(=O)Cc1ccccc1. The zero-order chi connectivity index (χ0) is 22.4. The lowest BCUT2D eigenvalue weighted by Crippen LogP contribution is -2.63. The summed E-state index contributed by atoms with van der Waals surface area (Å²) < 4.78 is 27.6. The number of sulfonamides is 1. The number of nitrogens with zero attached hydrogens (tertiary/aromatic N) is 3. The number of benzene rings is 1. The van der Waals surface area contributed by atoms with Gasteiger partial charge in [0, 0.05) is 32.4 Å². The van der Waals surface area contributed by atoms with E-state index in [0.29, 0.717) is 12.0 Å². The van der Waals surface area contributed by atoms with Gasteiger partial charge >= 0.3 is 0 Å². The molecule has 2 aromatic rings. The Morgan fingerprint density at radius 2 is 1.90 bits per heavy atom. The standard InChI is InChI=1S/C20H24ClN5O4S/c21-17-8-7-16(13-24-17)20(28)25-11-4-12-26(19(25)18(27)23-10-9-22)31(29,30)14-15-5-2-1-3-6-15/h1-3,5-8,13,19H,4,9-12,14,22H2,(H,23,27). The van der Waals surface area contributed by atoms with Gasteiger partial charge in [-0.15, -0.1) is 0 Å². The molecule has 1 fully saturated rings. The van der Waals surface area contributed by atoms with Crippen molar-refractivity contribution < 1.29 is 18.0 Å². The molecule has 9 nitrogen and oxygen atoms in total. The third-order valence-corrected chi connectivity index (χ3v) is 6.83. The summed E-state index contributed by atoms with van der Waals surface area (Å²) in [6, 6.07) is 11.6. The van der Waals surface area contributed by atoms with Crippen LogP contribution in [0.15, 0.2) is 48.7 Å². The average molecular weight is 466 g/mol. The minimum atomic E-state index is -3.90. The summed E-state index contributed by atoms with van der Waals surface area (Å²) in [7, 11) is -3.90. The quantitative estimate of drug-likeness (QED) is 0.583. The molecule has 2 amide bonds. The van der Waals surface area contributed by atoms with Gasteiger partial charge in [0.1, 0.15) is 5.15 Å². The van der Waals surface area contributed by atoms with E-state index in [1.807, 2.05) is 0 Å². The molecule has 1 aromatic carbocycles. The monoisotopic (exact) mass is 465 g/mol. The molecule has 1 saturated heterocycles. The zero-order valence-corrected chi connectivity index (χ0v) is 18.3. The third kappa shape index (κ3) is 5.59. The molecule has 1 unspecified atom stereocenters. The lowest BCUT2D eigenvalue weighted by Gasteiger charge is -2.41. The van der Waals surface area contributed by atoms with Crippen molar-refractivity contribution in [2.45, 2.75) is 18.3 Å². The number of amides is 2. The number of hydrogen-bond donors (Lipinski definition) is 2. The van der Waals surface area contributed by atoms with E-state index in [0.717, 1.165) is 4.31 Å². The minimum absolute atomic E-state index is 0.124. The summed E-state index contributed by atoms with van der Waals surface area (Å²) >= 11 is 5.80. The maximum atomic E-state index is 13.2. The highest BCUT2D eigenvalue weighted by Gasteiger charge is 2.43. The molecule has 0 radical (unpaired) electrons. The number of hydrogen-bond acceptors (Lipinski definition) is 6. The van der Waals surface area contributed by atoms with Crippen molar-refractivity contribution in [3.63, 3.8) is 0 Å². The van der Waals surface area contributed by atoms with Gasteiger partial charge in [-0.1, -0.05) is 41.9 Å². The molecule has 3 rings (SSSR count). The van der Waals surface area contributed by atoms with Crippen LogP contribution in [0.25, 0.3) is 0 Å². The molecular formula is C20H24ClN5O4S. The smallest absolute Gasteiger partial charge is 0.259 e. The van der Waals surface area contributed by atoms with E-state index in [-0.39, 0.29) is 42.6 Å². The van der Waals surface area contributed by atoms with Gasteiger partial charge in [0.2, 0.25) is 10.0 Å². The van der Waals surface area contributed by atoms with Crippen molar-refractivity contribution in [2.75, 3.05) is 26.2 Å². The molecule has 0 aliphatic carbocycles. The molecule has 0 bridgehead atoms. The van der Waals surface area contributed by atoms with Gasteiger partial charge < -0.3 is 16.0 Å². The first-order valence-electron chi connectivity index (χ1n) is 9.77. The topological polar surface area (TPSA) is 126 Å². The number of aromatic nitrogens is 1. The number of halogens is 1. The van der Waals surface area contributed by atoms with Crippen LogP contribution in [0.4, 0.5) is 0 Å². The van der Waals surface area contributed by atoms with Gasteiger partial charge in [-0.3, -0.25) is 9.59 Å². The van der Waals surface area contributed by atoms with Gasteiger partial charge in [0.25, 0.3) is 11.8 Å². The van der Waals surface area contributed by atoms with Crippen LogP contribution < -0.4 is 11.1 Å². The van der Waals surface area contributed by atoms with Crippen molar-refractivity contribution in [3.8, 4) is 0 Å². The van der Waals surface area contributed by atoms with Gasteiger partial charge in [0.05, 0.1) is 11.3 Å². The second kappa shape index (κ2) is 10.2. The Hall–Kier alpha value is -2.53. The summed E-state index contributed by atoms with van der Waals surface area (Å²) in [6.45, 7) is 0.689. The fraction of sp³-hybridized carbons (Fsp3) is 0.350. The van der Waals surface area contributed by atoms with Crippen molar-refractivity contribution >= 4 is 33.4 Å². The van der Waals surface area contributed by atoms with Crippen molar-refractivity contribution in [2.24, 2.45) is 5.73 Å². The number of nitrogens with two attached hydrogens (primary N) is 1. The van der Waals surface area contributed by atoms with E-state index in [1.165, 1.54) is 23.2 Å². The fourth-order valence-corrected chi connectivity index (χ4v) is 5.21. The predicted octanol–water partition coefficient (Wildman–Crippen LogP) is 0.814. The molecule has 1 aliphatic heterocycles. The Bertz CT molecular complexity index is 1020. The third-order valence-electron chi connectivity index (χ3n) is 4.81. The molecule has 0 spiro atoms. The molecule has 2 heterocycles. The summed E-state index contributed by atoms with van der Waals surface area (Å²) in [5.41, 5.74) is 6.28. The Morgan fingerprint density at radius 1 is 1.16 bits per heavy atom. The number of carbonyl (C=O) groups is 2. The first-order chi connectivity index (χ1) is 14.8. The molecule has 3 N–H and O–H groups in total. The number of pyridine rings is 1. The summed E-state index contributed by atoms with van der Waals surface area (Å²) in [5, 5.41) is 2.83. The van der Waals surface area contributed by atoms with E-state index in [9.17, 15) is 18.0 Å². The van der Waals surface area contributed by atoms with Crippen LogP contribution in [0.2, 0.25) is 5.15 Å². The van der Waals surface area contributed by atoms with E-state index < -0.39 is 28.0 Å². The van der Waals surface area contributed by atoms with Crippen molar-refractivity contribution in [3.05, 3.63) is 64.9 Å². The van der Waals surface area contributed by atoms with Crippen LogP contribution in [-0.2, 0) is 20.6 Å². The fourth-order valence-electron chi connectivity index (χ4n) is 3.40. The molecule has 31 heavy (non-hydrogen) atoms. The average Bonchev–Trinajstić information content (AvgIpc) is 2.77. The molecule has 1 aliphatic rings. The van der Waals surface area contributed by atoms with E-state index in [2.05, 4.69) is 10.3 Å². The minimum Gasteiger partial charge on any atom is -0.352 e. The van der Waals surface area contributed by atoms with Gasteiger partial charge in [0.15, 0.2) is 6.17 Å². The van der Waals surface area contributed by atoms with Crippen molar-refractivity contribution in [1.82, 2.24) is 19.5 Å². The Balaban J connectivity index is 1.94. The maximum Gasteiger partial charge on any atom is 0.259 e. The highest BCUT2D eigenvalue weighted by Crippen LogP contribution is 2.23. The van der Waals surface area contributed by atoms with Crippen LogP contribution in [-0.4, -0.2) is 66.8 Å². The summed E-state index contributed by atoms with van der Waals surface area (Å²) in [4.78, 5) is 31.3. The second-order valence-corrected chi connectivity index (χ2v) is 9.34. The largest absolute Gasteiger partial charge is 0.352 e. The van der Waals surface area contributed by atoms with Gasteiger partial charge in [-0.05, 0) is 24.1 Å². The normalized spacial score (nSPS) is 17.4. The molecule has 11 heteroatoms. The Morgan fingerprint density at radius 3 is 2.55 bits per heavy atom. The zero-order valence-electron chi connectivity index (χ0n) is 16.8.